The van der Waals surface area contributed by atoms with Gasteiger partial charge in [-0.15, -0.1) is 12.8 Å². The first-order chi connectivity index (χ1) is 19.4. The summed E-state index contributed by atoms with van der Waals surface area (Å²) in [5.41, 5.74) is 2.83. The van der Waals surface area contributed by atoms with Crippen molar-refractivity contribution >= 4 is 0 Å². The van der Waals surface area contributed by atoms with E-state index in [1.807, 2.05) is 0 Å². The topological polar surface area (TPSA) is 77.4 Å². The van der Waals surface area contributed by atoms with Crippen LogP contribution in [0.2, 0.25) is 0 Å². The third-order valence-electron chi connectivity index (χ3n) is 5.93. The van der Waals surface area contributed by atoms with Crippen LogP contribution in [-0.2, 0) is 21.7 Å². The van der Waals surface area contributed by atoms with Gasteiger partial charge < -0.3 is 29.2 Å². The molecule has 0 unspecified atom stereocenters. The molecule has 41 heavy (non-hydrogen) atoms. The van der Waals surface area contributed by atoms with Crippen molar-refractivity contribution in [2.45, 2.75) is 65.2 Å². The molecule has 0 aliphatic heterocycles. The van der Waals surface area contributed by atoms with Gasteiger partial charge in [0.25, 0.3) is 0 Å². The van der Waals surface area contributed by atoms with Crippen LogP contribution in [0.15, 0.2) is 71.8 Å². The zero-order chi connectivity index (χ0) is 29.6. The van der Waals surface area contributed by atoms with E-state index in [1.165, 1.54) is 78.1 Å². The molecule has 0 spiro atoms. The van der Waals surface area contributed by atoms with E-state index in [9.17, 15) is 10.2 Å². The number of phenolic OH excluding ortho intramolecular Hbond substituents is 2. The molecule has 2 aliphatic carbocycles. The van der Waals surface area contributed by atoms with Gasteiger partial charge in [0.05, 0.1) is 28.4 Å². The Kier molecular flexibility index (Phi) is 21.8. The number of hydrogen-bond donors (Lipinski definition) is 2. The third kappa shape index (κ3) is 14.9. The van der Waals surface area contributed by atoms with Gasteiger partial charge in [-0.2, -0.15) is 12.2 Å². The van der Waals surface area contributed by atoms with Crippen molar-refractivity contribution < 1.29 is 50.9 Å². The Balaban J connectivity index is 0.000000518. The molecule has 2 aromatic carbocycles. The number of allylic oxidation sites excluding steroid dienone is 8. The summed E-state index contributed by atoms with van der Waals surface area (Å²) in [6, 6.07) is 10.2. The maximum absolute atomic E-state index is 9.34. The third-order valence-corrected chi connectivity index (χ3v) is 5.93. The van der Waals surface area contributed by atoms with Gasteiger partial charge in [0.1, 0.15) is 0 Å². The van der Waals surface area contributed by atoms with Gasteiger partial charge in [0.2, 0.25) is 11.5 Å². The van der Waals surface area contributed by atoms with E-state index in [1.54, 1.807) is 36.4 Å². The molecule has 0 saturated heterocycles. The number of methoxy groups -OCH3 is 4. The van der Waals surface area contributed by atoms with E-state index in [0.29, 0.717) is 23.0 Å². The first kappa shape index (κ1) is 37.9. The van der Waals surface area contributed by atoms with Crippen LogP contribution < -0.4 is 18.9 Å². The molecule has 0 aromatic heterocycles. The molecule has 0 heterocycles. The average Bonchev–Trinajstić information content (AvgIpc) is 3.71. The molecule has 0 radical (unpaired) electrons. The molecule has 222 valence electrons. The Labute approximate surface area is 262 Å². The number of phenols is 2. The second kappa shape index (κ2) is 23.6. The molecule has 2 aliphatic rings. The summed E-state index contributed by atoms with van der Waals surface area (Å²) in [5, 5.41) is 18.7. The van der Waals surface area contributed by atoms with Gasteiger partial charge in [-0.1, -0.05) is 64.5 Å². The van der Waals surface area contributed by atoms with E-state index in [0.717, 1.165) is 12.8 Å². The quantitative estimate of drug-likeness (QED) is 0.211. The second-order valence-electron chi connectivity index (χ2n) is 8.85. The monoisotopic (exact) mass is 598 g/mol. The van der Waals surface area contributed by atoms with Crippen LogP contribution in [-0.4, -0.2) is 38.7 Å². The first-order valence-electron chi connectivity index (χ1n) is 13.8. The summed E-state index contributed by atoms with van der Waals surface area (Å²) in [7, 11) is 5.98. The minimum Gasteiger partial charge on any atom is -0.502 e. The number of para-hydroxylation sites is 2. The Morgan fingerprint density at radius 2 is 0.927 bits per heavy atom. The van der Waals surface area contributed by atoms with Gasteiger partial charge in [0.15, 0.2) is 23.0 Å². The number of aromatic hydroxyl groups is 2. The molecule has 6 nitrogen and oxygen atoms in total. The second-order valence-corrected chi connectivity index (χ2v) is 8.85. The number of benzene rings is 2. The fourth-order valence-electron chi connectivity index (χ4n) is 3.64. The Hall–Kier alpha value is -3.09. The summed E-state index contributed by atoms with van der Waals surface area (Å²) in [6.07, 6.45) is 25.1. The fraction of sp³-hybridized carbons (Fsp3) is 0.412. The van der Waals surface area contributed by atoms with Crippen molar-refractivity contribution in [1.29, 1.82) is 0 Å². The normalized spacial score (nSPS) is 12.1. The van der Waals surface area contributed by atoms with Crippen molar-refractivity contribution in [1.82, 2.24) is 0 Å². The van der Waals surface area contributed by atoms with E-state index in [4.69, 9.17) is 18.9 Å². The molecule has 2 aromatic rings. The molecule has 7 heteroatoms. The smallest absolute Gasteiger partial charge is 0.502 e. The summed E-state index contributed by atoms with van der Waals surface area (Å²) >= 11 is 0. The Morgan fingerprint density at radius 1 is 0.610 bits per heavy atom. The van der Waals surface area contributed by atoms with Crippen molar-refractivity contribution in [3.63, 3.8) is 0 Å². The first-order valence-corrected chi connectivity index (χ1v) is 13.8. The van der Waals surface area contributed by atoms with E-state index in [2.05, 4.69) is 50.3 Å². The Bertz CT molecular complexity index is 972. The number of unbranched alkanes of at least 4 members (excludes halogenated alkanes) is 2. The van der Waals surface area contributed by atoms with E-state index in [-0.39, 0.29) is 33.2 Å². The standard InChI is InChI=1S/2C9H13.2C8H10O3.Ti/c2*1-2-3-6-9-7-4-5-8-9;2*1-10-6-4-3-5-7(11-2)8(6)9;/h2*4,7H,2-3,5-6H2,1H3;2*3-5,9H,1-2H3;/q2*-1;;;+2. The summed E-state index contributed by atoms with van der Waals surface area (Å²) < 4.78 is 19.4. The van der Waals surface area contributed by atoms with Crippen LogP contribution in [0.1, 0.15) is 65.2 Å². The van der Waals surface area contributed by atoms with Crippen LogP contribution in [0.4, 0.5) is 0 Å². The van der Waals surface area contributed by atoms with Crippen molar-refractivity contribution in [3.05, 3.63) is 84.0 Å². The predicted molar refractivity (Wildman–Crippen MR) is 162 cm³/mol. The molecule has 0 atom stereocenters. The zero-order valence-corrected chi connectivity index (χ0v) is 27.0. The molecule has 0 saturated carbocycles. The average molecular weight is 599 g/mol. The zero-order valence-electron chi connectivity index (χ0n) is 25.5. The molecule has 0 fully saturated rings. The summed E-state index contributed by atoms with van der Waals surface area (Å²) in [4.78, 5) is 0. The van der Waals surface area contributed by atoms with Gasteiger partial charge in [-0.3, -0.25) is 12.2 Å². The Morgan fingerprint density at radius 3 is 1.15 bits per heavy atom. The van der Waals surface area contributed by atoms with Crippen LogP contribution in [0.5, 0.6) is 34.5 Å². The minimum atomic E-state index is 0. The van der Waals surface area contributed by atoms with Crippen LogP contribution in [0.25, 0.3) is 0 Å². The van der Waals surface area contributed by atoms with Crippen molar-refractivity contribution in [2.75, 3.05) is 28.4 Å². The van der Waals surface area contributed by atoms with Gasteiger partial charge in [-0.05, 0) is 24.3 Å². The maximum Gasteiger partial charge on any atom is 2.00 e. The molecular weight excluding hydrogens is 552 g/mol. The largest absolute Gasteiger partial charge is 2.00 e. The van der Waals surface area contributed by atoms with Crippen molar-refractivity contribution in [2.24, 2.45) is 0 Å². The molecule has 0 amide bonds. The van der Waals surface area contributed by atoms with E-state index < -0.39 is 0 Å². The molecule has 2 N–H and O–H groups in total. The fourth-order valence-corrected chi connectivity index (χ4v) is 3.64. The molecule has 0 bridgehead atoms. The van der Waals surface area contributed by atoms with Crippen molar-refractivity contribution in [3.8, 4) is 34.5 Å². The van der Waals surface area contributed by atoms with Gasteiger partial charge in [0, 0.05) is 0 Å². The molecular formula is C34H46O6Ti. The number of hydrogen-bond acceptors (Lipinski definition) is 6. The number of rotatable bonds is 10. The van der Waals surface area contributed by atoms with Gasteiger partial charge in [-0.25, -0.2) is 23.3 Å². The maximum atomic E-state index is 9.34. The van der Waals surface area contributed by atoms with E-state index >= 15 is 0 Å². The van der Waals surface area contributed by atoms with Gasteiger partial charge >= 0.3 is 21.7 Å². The predicted octanol–water partition coefficient (Wildman–Crippen LogP) is 8.55. The van der Waals surface area contributed by atoms with Crippen LogP contribution in [0, 0.1) is 12.2 Å². The summed E-state index contributed by atoms with van der Waals surface area (Å²) in [6.45, 7) is 4.44. The van der Waals surface area contributed by atoms with Crippen LogP contribution >= 0.6 is 0 Å². The molecule has 4 rings (SSSR count). The minimum absolute atomic E-state index is 0. The SMILES string of the molecule is CCCCC1=[C-]CC=C1.CCCCC1=[C-]CC=C1.COc1cccc(OC)c1O.COc1cccc(OC)c1O.[Ti+2]. The van der Waals surface area contributed by atoms with Crippen LogP contribution in [0.3, 0.4) is 0 Å². The summed E-state index contributed by atoms with van der Waals surface area (Å²) in [5.74, 6) is 1.76. The number of ether oxygens (including phenoxy) is 4.